The van der Waals surface area contributed by atoms with Gasteiger partial charge in [-0.2, -0.15) is 0 Å². The molecule has 1 N–H and O–H groups in total. The summed E-state index contributed by atoms with van der Waals surface area (Å²) in [4.78, 5) is 24.2. The van der Waals surface area contributed by atoms with Crippen LogP contribution in [0.15, 0.2) is 42.5 Å². The van der Waals surface area contributed by atoms with Crippen LogP contribution in [0.25, 0.3) is 0 Å². The van der Waals surface area contributed by atoms with Gasteiger partial charge in [-0.15, -0.1) is 13.2 Å². The monoisotopic (exact) mass is 381 g/mol. The number of hydrogen-bond donors (Lipinski definition) is 1. The zero-order valence-electron chi connectivity index (χ0n) is 14.9. The molecule has 0 fully saturated rings. The average Bonchev–Trinajstić information content (AvgIpc) is 2.56. The van der Waals surface area contributed by atoms with Gasteiger partial charge in [-0.05, 0) is 56.7 Å². The van der Waals surface area contributed by atoms with Crippen LogP contribution in [0.1, 0.15) is 28.4 Å². The zero-order chi connectivity index (χ0) is 20.2. The number of anilines is 1. The number of carbonyl (C=O) groups excluding carboxylic acids is 2. The first-order valence-corrected chi connectivity index (χ1v) is 8.00. The summed E-state index contributed by atoms with van der Waals surface area (Å²) < 4.78 is 45.2. The van der Waals surface area contributed by atoms with Crippen LogP contribution in [0.2, 0.25) is 0 Å². The molecule has 0 heterocycles. The highest BCUT2D eigenvalue weighted by Gasteiger charge is 2.31. The lowest BCUT2D eigenvalue weighted by molar-refractivity contribution is -0.274. The molecule has 0 saturated heterocycles. The van der Waals surface area contributed by atoms with Gasteiger partial charge in [0.05, 0.1) is 5.56 Å². The minimum atomic E-state index is -4.82. The number of esters is 1. The van der Waals surface area contributed by atoms with E-state index in [1.54, 1.807) is 6.07 Å². The number of alkyl halides is 3. The lowest BCUT2D eigenvalue weighted by Crippen LogP contribution is -2.30. The quantitative estimate of drug-likeness (QED) is 0.781. The first-order valence-electron chi connectivity index (χ1n) is 8.00. The Morgan fingerprint density at radius 2 is 1.67 bits per heavy atom. The lowest BCUT2D eigenvalue weighted by atomic mass is 10.1. The molecule has 0 aliphatic heterocycles. The fourth-order valence-corrected chi connectivity index (χ4v) is 2.26. The summed E-state index contributed by atoms with van der Waals surface area (Å²) in [6, 6.07) is 9.71. The number of hydrogen-bond acceptors (Lipinski definition) is 4. The predicted octanol–water partition coefficient (Wildman–Crippen LogP) is 4.39. The maximum absolute atomic E-state index is 12.2. The van der Waals surface area contributed by atoms with Gasteiger partial charge in [0.1, 0.15) is 5.75 Å². The highest BCUT2D eigenvalue weighted by molar-refractivity contribution is 5.97. The molecule has 0 bridgehead atoms. The number of aryl methyl sites for hydroxylation is 2. The van der Waals surface area contributed by atoms with E-state index in [0.29, 0.717) is 5.69 Å². The van der Waals surface area contributed by atoms with Crippen molar-refractivity contribution in [2.75, 3.05) is 5.32 Å². The molecular weight excluding hydrogens is 363 g/mol. The molecule has 2 rings (SSSR count). The van der Waals surface area contributed by atoms with Crippen LogP contribution in [0.4, 0.5) is 18.9 Å². The van der Waals surface area contributed by atoms with E-state index in [1.165, 1.54) is 6.92 Å². The third-order valence-corrected chi connectivity index (χ3v) is 3.62. The van der Waals surface area contributed by atoms with Gasteiger partial charge in [0, 0.05) is 5.69 Å². The standard InChI is InChI=1S/C19H18F3NO4/c1-11-4-9-16(12(2)10-11)23-17(24)13(3)26-18(25)14-5-7-15(8-6-14)27-19(20,21)22/h4-10,13H,1-3H3,(H,23,24)/t13-/m1/s1. The molecule has 1 amide bonds. The molecular formula is C19H18F3NO4. The van der Waals surface area contributed by atoms with E-state index in [9.17, 15) is 22.8 Å². The third kappa shape index (κ3) is 6.02. The van der Waals surface area contributed by atoms with Crippen LogP contribution in [0, 0.1) is 13.8 Å². The van der Waals surface area contributed by atoms with Gasteiger partial charge in [-0.3, -0.25) is 4.79 Å². The first kappa shape index (κ1) is 20.3. The van der Waals surface area contributed by atoms with Crippen molar-refractivity contribution in [2.24, 2.45) is 0 Å². The second-order valence-corrected chi connectivity index (χ2v) is 5.93. The summed E-state index contributed by atoms with van der Waals surface area (Å²) in [6.07, 6.45) is -5.91. The van der Waals surface area contributed by atoms with Crippen LogP contribution in [-0.4, -0.2) is 24.3 Å². The Bertz CT molecular complexity index is 832. The first-order chi connectivity index (χ1) is 12.5. The van der Waals surface area contributed by atoms with Gasteiger partial charge in [0.15, 0.2) is 6.10 Å². The molecule has 0 aromatic heterocycles. The summed E-state index contributed by atoms with van der Waals surface area (Å²) in [5.41, 5.74) is 2.50. The van der Waals surface area contributed by atoms with Crippen molar-refractivity contribution in [1.82, 2.24) is 0 Å². The molecule has 0 radical (unpaired) electrons. The summed E-state index contributed by atoms with van der Waals surface area (Å²) in [6.45, 7) is 5.16. The van der Waals surface area contributed by atoms with Crippen molar-refractivity contribution in [1.29, 1.82) is 0 Å². The Morgan fingerprint density at radius 3 is 2.22 bits per heavy atom. The summed E-state index contributed by atoms with van der Waals surface area (Å²) >= 11 is 0. The molecule has 5 nitrogen and oxygen atoms in total. The van der Waals surface area contributed by atoms with Crippen LogP contribution < -0.4 is 10.1 Å². The van der Waals surface area contributed by atoms with Gasteiger partial charge >= 0.3 is 12.3 Å². The van der Waals surface area contributed by atoms with E-state index in [4.69, 9.17) is 4.74 Å². The van der Waals surface area contributed by atoms with Crippen molar-refractivity contribution < 1.29 is 32.2 Å². The molecule has 0 spiro atoms. The van der Waals surface area contributed by atoms with Crippen molar-refractivity contribution in [3.63, 3.8) is 0 Å². The van der Waals surface area contributed by atoms with E-state index >= 15 is 0 Å². The molecule has 27 heavy (non-hydrogen) atoms. The normalized spacial score (nSPS) is 12.2. The zero-order valence-corrected chi connectivity index (χ0v) is 14.9. The molecule has 0 unspecified atom stereocenters. The van der Waals surface area contributed by atoms with Crippen LogP contribution in [0.5, 0.6) is 5.75 Å². The molecule has 2 aromatic rings. The summed E-state index contributed by atoms with van der Waals surface area (Å²) in [7, 11) is 0. The Labute approximate surface area is 154 Å². The summed E-state index contributed by atoms with van der Waals surface area (Å²) in [5, 5.41) is 2.67. The summed E-state index contributed by atoms with van der Waals surface area (Å²) in [5.74, 6) is -1.82. The van der Waals surface area contributed by atoms with Gasteiger partial charge in [-0.1, -0.05) is 17.7 Å². The molecule has 2 aromatic carbocycles. The number of carbonyl (C=O) groups is 2. The maximum atomic E-state index is 12.2. The topological polar surface area (TPSA) is 64.6 Å². The number of rotatable bonds is 5. The van der Waals surface area contributed by atoms with E-state index in [1.807, 2.05) is 26.0 Å². The minimum absolute atomic E-state index is 0.00399. The lowest BCUT2D eigenvalue weighted by Gasteiger charge is -2.15. The van der Waals surface area contributed by atoms with Crippen LogP contribution in [-0.2, 0) is 9.53 Å². The highest BCUT2D eigenvalue weighted by atomic mass is 19.4. The molecule has 0 saturated carbocycles. The number of ether oxygens (including phenoxy) is 2. The van der Waals surface area contributed by atoms with E-state index in [0.717, 1.165) is 35.4 Å². The number of halogens is 3. The van der Waals surface area contributed by atoms with E-state index < -0.39 is 30.1 Å². The molecule has 0 aliphatic carbocycles. The number of nitrogens with one attached hydrogen (secondary N) is 1. The smallest absolute Gasteiger partial charge is 0.449 e. The molecule has 144 valence electrons. The Hall–Kier alpha value is -3.03. The van der Waals surface area contributed by atoms with Crippen molar-refractivity contribution >= 4 is 17.6 Å². The predicted molar refractivity (Wildman–Crippen MR) is 92.5 cm³/mol. The van der Waals surface area contributed by atoms with Gasteiger partial charge in [0.2, 0.25) is 0 Å². The van der Waals surface area contributed by atoms with Crippen LogP contribution >= 0.6 is 0 Å². The number of benzene rings is 2. The Kier molecular flexibility index (Phi) is 6.09. The van der Waals surface area contributed by atoms with Crippen molar-refractivity contribution in [3.8, 4) is 5.75 Å². The van der Waals surface area contributed by atoms with E-state index in [2.05, 4.69) is 10.1 Å². The maximum Gasteiger partial charge on any atom is 0.573 e. The van der Waals surface area contributed by atoms with Gasteiger partial charge in [-0.25, -0.2) is 4.79 Å². The number of amides is 1. The SMILES string of the molecule is Cc1ccc(NC(=O)[C@@H](C)OC(=O)c2ccc(OC(F)(F)F)cc2)c(C)c1. The average molecular weight is 381 g/mol. The molecule has 0 aliphatic rings. The molecule has 1 atom stereocenters. The Balaban J connectivity index is 1.97. The van der Waals surface area contributed by atoms with Gasteiger partial charge < -0.3 is 14.8 Å². The fraction of sp³-hybridized carbons (Fsp3) is 0.263. The third-order valence-electron chi connectivity index (χ3n) is 3.62. The fourth-order valence-electron chi connectivity index (χ4n) is 2.26. The minimum Gasteiger partial charge on any atom is -0.449 e. The van der Waals surface area contributed by atoms with Gasteiger partial charge in [0.25, 0.3) is 5.91 Å². The second kappa shape index (κ2) is 8.11. The highest BCUT2D eigenvalue weighted by Crippen LogP contribution is 2.23. The van der Waals surface area contributed by atoms with Crippen LogP contribution in [0.3, 0.4) is 0 Å². The van der Waals surface area contributed by atoms with Crippen molar-refractivity contribution in [3.05, 3.63) is 59.2 Å². The van der Waals surface area contributed by atoms with E-state index in [-0.39, 0.29) is 5.56 Å². The molecule has 8 heteroatoms. The largest absolute Gasteiger partial charge is 0.573 e. The second-order valence-electron chi connectivity index (χ2n) is 5.93. The Morgan fingerprint density at radius 1 is 1.04 bits per heavy atom. The van der Waals surface area contributed by atoms with Crippen molar-refractivity contribution in [2.45, 2.75) is 33.2 Å².